The fourth-order valence-corrected chi connectivity index (χ4v) is 1.83. The molecule has 1 aromatic heterocycles. The van der Waals surface area contributed by atoms with Crippen molar-refractivity contribution in [3.63, 3.8) is 0 Å². The van der Waals surface area contributed by atoms with E-state index in [9.17, 15) is 4.79 Å². The van der Waals surface area contributed by atoms with E-state index in [0.717, 1.165) is 5.82 Å². The third kappa shape index (κ3) is 4.89. The predicted molar refractivity (Wildman–Crippen MR) is 85.0 cm³/mol. The smallest absolute Gasteiger partial charge is 0.225 e. The van der Waals surface area contributed by atoms with Crippen LogP contribution < -0.4 is 16.4 Å². The molecule has 1 amide bonds. The molecule has 0 saturated heterocycles. The largest absolute Gasteiger partial charge is 0.366 e. The summed E-state index contributed by atoms with van der Waals surface area (Å²) in [5.74, 6) is 0.673. The highest BCUT2D eigenvalue weighted by molar-refractivity contribution is 5.90. The summed E-state index contributed by atoms with van der Waals surface area (Å²) >= 11 is 0. The number of nitrogens with two attached hydrogens (primary N) is 1. The molecule has 0 saturated carbocycles. The van der Waals surface area contributed by atoms with E-state index in [2.05, 4.69) is 46.8 Å². The molecule has 1 heterocycles. The van der Waals surface area contributed by atoms with Crippen LogP contribution in [0.4, 0.5) is 11.5 Å². The second kappa shape index (κ2) is 7.40. The highest BCUT2D eigenvalue weighted by Crippen LogP contribution is 2.11. The van der Waals surface area contributed by atoms with E-state index >= 15 is 0 Å². The van der Waals surface area contributed by atoms with Gasteiger partial charge in [-0.3, -0.25) is 4.79 Å². The maximum absolute atomic E-state index is 11.4. The Kier molecular flexibility index (Phi) is 5.29. The first-order valence-corrected chi connectivity index (χ1v) is 6.93. The number of benzene rings is 1. The van der Waals surface area contributed by atoms with Crippen LogP contribution in [0.3, 0.4) is 0 Å². The van der Waals surface area contributed by atoms with E-state index in [1.807, 2.05) is 12.1 Å². The number of aromatic nitrogens is 1. The zero-order valence-corrected chi connectivity index (χ0v) is 12.1. The van der Waals surface area contributed by atoms with Gasteiger partial charge in [0.25, 0.3) is 0 Å². The lowest BCUT2D eigenvalue weighted by molar-refractivity contribution is -0.116. The molecule has 110 valence electrons. The molecule has 0 bridgehead atoms. The normalized spacial score (nSPS) is 10.2. The van der Waals surface area contributed by atoms with Crippen molar-refractivity contribution in [1.82, 2.24) is 4.98 Å². The van der Waals surface area contributed by atoms with Gasteiger partial charge < -0.3 is 16.4 Å². The topological polar surface area (TPSA) is 80.0 Å². The van der Waals surface area contributed by atoms with E-state index in [0.29, 0.717) is 25.2 Å². The van der Waals surface area contributed by atoms with Crippen molar-refractivity contribution in [1.29, 1.82) is 0 Å². The Morgan fingerprint density at radius 3 is 2.57 bits per heavy atom. The molecule has 0 spiro atoms. The van der Waals surface area contributed by atoms with Gasteiger partial charge in [0.15, 0.2) is 0 Å². The molecule has 0 unspecified atom stereocenters. The van der Waals surface area contributed by atoms with Gasteiger partial charge in [-0.15, -0.1) is 0 Å². The SMILES string of the molecule is Cc1ccc(CNc2ccc(NC(=O)CCN)cn2)cc1. The van der Waals surface area contributed by atoms with Gasteiger partial charge in [-0.05, 0) is 24.6 Å². The third-order valence-electron chi connectivity index (χ3n) is 3.01. The van der Waals surface area contributed by atoms with Gasteiger partial charge in [0.2, 0.25) is 5.91 Å². The number of hydrogen-bond acceptors (Lipinski definition) is 4. The molecule has 0 fully saturated rings. The number of nitrogens with zero attached hydrogens (tertiary/aromatic N) is 1. The van der Waals surface area contributed by atoms with Gasteiger partial charge in [0, 0.05) is 19.5 Å². The van der Waals surface area contributed by atoms with E-state index in [4.69, 9.17) is 5.73 Å². The van der Waals surface area contributed by atoms with Crippen LogP contribution in [0.5, 0.6) is 0 Å². The molecule has 0 aliphatic rings. The van der Waals surface area contributed by atoms with Crippen molar-refractivity contribution in [3.05, 3.63) is 53.7 Å². The number of anilines is 2. The number of carbonyl (C=O) groups is 1. The lowest BCUT2D eigenvalue weighted by atomic mass is 10.1. The van der Waals surface area contributed by atoms with Crippen LogP contribution in [0.15, 0.2) is 42.6 Å². The van der Waals surface area contributed by atoms with Gasteiger partial charge in [0.1, 0.15) is 5.82 Å². The van der Waals surface area contributed by atoms with Crippen LogP contribution in [0.25, 0.3) is 0 Å². The minimum absolute atomic E-state index is 0.0975. The van der Waals surface area contributed by atoms with Crippen LogP contribution in [0.2, 0.25) is 0 Å². The number of aryl methyl sites for hydroxylation is 1. The van der Waals surface area contributed by atoms with Gasteiger partial charge in [0.05, 0.1) is 11.9 Å². The average molecular weight is 284 g/mol. The molecule has 0 aliphatic heterocycles. The average Bonchev–Trinajstić information content (AvgIpc) is 2.48. The van der Waals surface area contributed by atoms with E-state index in [1.54, 1.807) is 6.20 Å². The highest BCUT2D eigenvalue weighted by atomic mass is 16.1. The first-order chi connectivity index (χ1) is 10.2. The van der Waals surface area contributed by atoms with Crippen LogP contribution in [0.1, 0.15) is 17.5 Å². The lowest BCUT2D eigenvalue weighted by Crippen LogP contribution is -2.16. The Labute approximate surface area is 124 Å². The number of amides is 1. The van der Waals surface area contributed by atoms with Crippen LogP contribution in [-0.2, 0) is 11.3 Å². The van der Waals surface area contributed by atoms with Crippen molar-refractivity contribution < 1.29 is 4.79 Å². The molecular weight excluding hydrogens is 264 g/mol. The summed E-state index contributed by atoms with van der Waals surface area (Å²) in [7, 11) is 0. The Hall–Kier alpha value is -2.40. The molecule has 0 aliphatic carbocycles. The third-order valence-corrected chi connectivity index (χ3v) is 3.01. The molecule has 1 aromatic carbocycles. The van der Waals surface area contributed by atoms with Crippen LogP contribution in [-0.4, -0.2) is 17.4 Å². The summed E-state index contributed by atoms with van der Waals surface area (Å²) in [5.41, 5.74) is 8.44. The van der Waals surface area contributed by atoms with Gasteiger partial charge in [-0.1, -0.05) is 29.8 Å². The van der Waals surface area contributed by atoms with Crippen LogP contribution >= 0.6 is 0 Å². The van der Waals surface area contributed by atoms with E-state index < -0.39 is 0 Å². The van der Waals surface area contributed by atoms with E-state index in [-0.39, 0.29) is 5.91 Å². The molecule has 4 N–H and O–H groups in total. The van der Waals surface area contributed by atoms with Crippen molar-refractivity contribution in [2.45, 2.75) is 19.9 Å². The molecular formula is C16H20N4O. The quantitative estimate of drug-likeness (QED) is 0.760. The second-order valence-corrected chi connectivity index (χ2v) is 4.86. The number of nitrogens with one attached hydrogen (secondary N) is 2. The van der Waals surface area contributed by atoms with Gasteiger partial charge >= 0.3 is 0 Å². The number of pyridine rings is 1. The molecule has 0 atom stereocenters. The lowest BCUT2D eigenvalue weighted by Gasteiger charge is -2.08. The summed E-state index contributed by atoms with van der Waals surface area (Å²) in [6, 6.07) is 12.0. The summed E-state index contributed by atoms with van der Waals surface area (Å²) in [6.07, 6.45) is 1.94. The van der Waals surface area contributed by atoms with Crippen LogP contribution in [0, 0.1) is 6.92 Å². The summed E-state index contributed by atoms with van der Waals surface area (Å²) in [4.78, 5) is 15.7. The molecule has 5 heteroatoms. The van der Waals surface area contributed by atoms with Crippen molar-refractivity contribution in [2.75, 3.05) is 17.2 Å². The Morgan fingerprint density at radius 2 is 1.95 bits per heavy atom. The minimum atomic E-state index is -0.0975. The monoisotopic (exact) mass is 284 g/mol. The first kappa shape index (κ1) is 15.0. The van der Waals surface area contributed by atoms with Crippen molar-refractivity contribution >= 4 is 17.4 Å². The maximum Gasteiger partial charge on any atom is 0.225 e. The maximum atomic E-state index is 11.4. The second-order valence-electron chi connectivity index (χ2n) is 4.86. The minimum Gasteiger partial charge on any atom is -0.366 e. The predicted octanol–water partition coefficient (Wildman–Crippen LogP) is 2.29. The zero-order valence-electron chi connectivity index (χ0n) is 12.1. The highest BCUT2D eigenvalue weighted by Gasteiger charge is 2.01. The molecule has 5 nitrogen and oxygen atoms in total. The fourth-order valence-electron chi connectivity index (χ4n) is 1.83. The van der Waals surface area contributed by atoms with Gasteiger partial charge in [-0.2, -0.15) is 0 Å². The van der Waals surface area contributed by atoms with Crippen molar-refractivity contribution in [2.24, 2.45) is 5.73 Å². The molecule has 0 radical (unpaired) electrons. The Bertz CT molecular complexity index is 578. The standard InChI is InChI=1S/C16H20N4O/c1-12-2-4-13(5-3-12)10-18-15-7-6-14(11-19-15)20-16(21)8-9-17/h2-7,11H,8-10,17H2,1H3,(H,18,19)(H,20,21). The first-order valence-electron chi connectivity index (χ1n) is 6.93. The Balaban J connectivity index is 1.87. The summed E-state index contributed by atoms with van der Waals surface area (Å²) < 4.78 is 0. The number of carbonyl (C=O) groups excluding carboxylic acids is 1. The molecule has 21 heavy (non-hydrogen) atoms. The number of rotatable bonds is 6. The van der Waals surface area contributed by atoms with E-state index in [1.165, 1.54) is 11.1 Å². The molecule has 2 aromatic rings. The number of hydrogen-bond donors (Lipinski definition) is 3. The summed E-state index contributed by atoms with van der Waals surface area (Å²) in [6.45, 7) is 3.12. The zero-order chi connectivity index (χ0) is 15.1. The Morgan fingerprint density at radius 1 is 1.19 bits per heavy atom. The fraction of sp³-hybridized carbons (Fsp3) is 0.250. The molecule has 2 rings (SSSR count). The summed E-state index contributed by atoms with van der Waals surface area (Å²) in [5, 5.41) is 5.98. The van der Waals surface area contributed by atoms with Crippen molar-refractivity contribution in [3.8, 4) is 0 Å². The van der Waals surface area contributed by atoms with Gasteiger partial charge in [-0.25, -0.2) is 4.98 Å².